The molecule has 0 spiro atoms. The minimum Gasteiger partial charge on any atom is -0.393 e. The Morgan fingerprint density at radius 1 is 1.14 bits per heavy atom. The minimum atomic E-state index is -0.0872. The van der Waals surface area contributed by atoms with Gasteiger partial charge in [0.2, 0.25) is 0 Å². The Morgan fingerprint density at radius 3 is 2.14 bits per heavy atom. The molecule has 0 aliphatic heterocycles. The fraction of sp³-hybridized carbons (Fsp3) is 1.00. The van der Waals surface area contributed by atoms with Gasteiger partial charge in [-0.15, -0.1) is 0 Å². The highest BCUT2D eigenvalue weighted by atomic mass is 16.3. The zero-order valence-corrected chi connectivity index (χ0v) is 10.6. The quantitative estimate of drug-likeness (QED) is 0.643. The summed E-state index contributed by atoms with van der Waals surface area (Å²) in [6.45, 7) is 11.2. The normalized spacial score (nSPS) is 16.7. The molecule has 0 aromatic rings. The fourth-order valence-electron chi connectivity index (χ4n) is 1.51. The van der Waals surface area contributed by atoms with Crippen LogP contribution < -0.4 is 0 Å². The van der Waals surface area contributed by atoms with Crippen molar-refractivity contribution in [3.8, 4) is 0 Å². The van der Waals surface area contributed by atoms with Crippen LogP contribution in [0.5, 0.6) is 0 Å². The lowest BCUT2D eigenvalue weighted by molar-refractivity contribution is 0.101. The Morgan fingerprint density at radius 2 is 1.71 bits per heavy atom. The molecule has 2 unspecified atom stereocenters. The standard InChI is InChI=1S/C13H28O/c1-6-7-8-9-12(14)10-11(2)13(3,4)5/h11-12,14H,6-10H2,1-5H3. The van der Waals surface area contributed by atoms with Crippen LogP contribution in [0.15, 0.2) is 0 Å². The molecule has 0 rings (SSSR count). The van der Waals surface area contributed by atoms with Crippen molar-refractivity contribution < 1.29 is 5.11 Å². The smallest absolute Gasteiger partial charge is 0.0543 e. The zero-order valence-electron chi connectivity index (χ0n) is 10.6. The van der Waals surface area contributed by atoms with Crippen molar-refractivity contribution in [2.45, 2.75) is 72.8 Å². The van der Waals surface area contributed by atoms with Crippen molar-refractivity contribution in [3.05, 3.63) is 0 Å². The number of aliphatic hydroxyl groups excluding tert-OH is 1. The zero-order chi connectivity index (χ0) is 11.2. The molecular formula is C13H28O. The first-order valence-corrected chi connectivity index (χ1v) is 6.06. The van der Waals surface area contributed by atoms with E-state index in [1.807, 2.05) is 0 Å². The molecule has 0 radical (unpaired) electrons. The highest BCUT2D eigenvalue weighted by Crippen LogP contribution is 2.29. The van der Waals surface area contributed by atoms with E-state index in [1.165, 1.54) is 19.3 Å². The molecule has 0 fully saturated rings. The predicted octanol–water partition coefficient (Wildman–Crippen LogP) is 4.00. The average Bonchev–Trinajstić information content (AvgIpc) is 2.03. The van der Waals surface area contributed by atoms with Crippen LogP contribution in [0.3, 0.4) is 0 Å². The summed E-state index contributed by atoms with van der Waals surface area (Å²) < 4.78 is 0. The highest BCUT2D eigenvalue weighted by Gasteiger charge is 2.22. The molecule has 0 aliphatic rings. The van der Waals surface area contributed by atoms with Gasteiger partial charge in [-0.25, -0.2) is 0 Å². The Kier molecular flexibility index (Phi) is 6.43. The molecule has 0 aromatic heterocycles. The molecule has 1 heteroatoms. The molecule has 0 saturated carbocycles. The van der Waals surface area contributed by atoms with Gasteiger partial charge in [-0.3, -0.25) is 0 Å². The van der Waals surface area contributed by atoms with Gasteiger partial charge in [0.15, 0.2) is 0 Å². The minimum absolute atomic E-state index is 0.0872. The molecule has 1 N–H and O–H groups in total. The maximum Gasteiger partial charge on any atom is 0.0543 e. The summed E-state index contributed by atoms with van der Waals surface area (Å²) in [5.74, 6) is 0.596. The highest BCUT2D eigenvalue weighted by molar-refractivity contribution is 4.73. The van der Waals surface area contributed by atoms with E-state index in [0.717, 1.165) is 12.8 Å². The molecule has 86 valence electrons. The maximum atomic E-state index is 9.81. The number of unbranched alkanes of at least 4 members (excludes halogenated alkanes) is 2. The molecule has 0 aliphatic carbocycles. The summed E-state index contributed by atoms with van der Waals surface area (Å²) >= 11 is 0. The third-order valence-corrected chi connectivity index (χ3v) is 3.24. The van der Waals surface area contributed by atoms with Crippen molar-refractivity contribution in [3.63, 3.8) is 0 Å². The molecular weight excluding hydrogens is 172 g/mol. The first-order valence-electron chi connectivity index (χ1n) is 6.06. The molecule has 0 amide bonds. The van der Waals surface area contributed by atoms with Crippen molar-refractivity contribution in [1.29, 1.82) is 0 Å². The number of hydrogen-bond acceptors (Lipinski definition) is 1. The number of aliphatic hydroxyl groups is 1. The van der Waals surface area contributed by atoms with Gasteiger partial charge in [-0.2, -0.15) is 0 Å². The van der Waals surface area contributed by atoms with E-state index in [-0.39, 0.29) is 6.10 Å². The van der Waals surface area contributed by atoms with Gasteiger partial charge in [-0.05, 0) is 24.2 Å². The van der Waals surface area contributed by atoms with Crippen LogP contribution in [0.2, 0.25) is 0 Å². The van der Waals surface area contributed by atoms with Crippen molar-refractivity contribution in [2.24, 2.45) is 11.3 Å². The van der Waals surface area contributed by atoms with Crippen LogP contribution in [0.25, 0.3) is 0 Å². The van der Waals surface area contributed by atoms with Crippen LogP contribution in [0.1, 0.15) is 66.7 Å². The van der Waals surface area contributed by atoms with E-state index in [0.29, 0.717) is 11.3 Å². The van der Waals surface area contributed by atoms with Crippen LogP contribution in [0, 0.1) is 11.3 Å². The first kappa shape index (κ1) is 14.0. The second-order valence-corrected chi connectivity index (χ2v) is 5.65. The summed E-state index contributed by atoms with van der Waals surface area (Å²) in [5, 5.41) is 9.81. The topological polar surface area (TPSA) is 20.2 Å². The van der Waals surface area contributed by atoms with Gasteiger partial charge in [-0.1, -0.05) is 53.9 Å². The Balaban J connectivity index is 3.66. The predicted molar refractivity (Wildman–Crippen MR) is 63.4 cm³/mol. The lowest BCUT2D eigenvalue weighted by Gasteiger charge is -2.29. The van der Waals surface area contributed by atoms with E-state index in [4.69, 9.17) is 0 Å². The lowest BCUT2D eigenvalue weighted by Crippen LogP contribution is -2.22. The van der Waals surface area contributed by atoms with Crippen molar-refractivity contribution in [2.75, 3.05) is 0 Å². The largest absolute Gasteiger partial charge is 0.393 e. The Bertz CT molecular complexity index is 135. The molecule has 1 nitrogen and oxygen atoms in total. The lowest BCUT2D eigenvalue weighted by atomic mass is 9.78. The number of hydrogen-bond donors (Lipinski definition) is 1. The first-order chi connectivity index (χ1) is 6.38. The van der Waals surface area contributed by atoms with Gasteiger partial charge in [0.25, 0.3) is 0 Å². The summed E-state index contributed by atoms with van der Waals surface area (Å²) in [7, 11) is 0. The van der Waals surface area contributed by atoms with Gasteiger partial charge in [0.05, 0.1) is 6.10 Å². The maximum absolute atomic E-state index is 9.81. The van der Waals surface area contributed by atoms with Crippen molar-refractivity contribution >= 4 is 0 Å². The SMILES string of the molecule is CCCCCC(O)CC(C)C(C)(C)C. The van der Waals surface area contributed by atoms with E-state index in [1.54, 1.807) is 0 Å². The second-order valence-electron chi connectivity index (χ2n) is 5.65. The Hall–Kier alpha value is -0.0400. The summed E-state index contributed by atoms with van der Waals surface area (Å²) in [4.78, 5) is 0. The van der Waals surface area contributed by atoms with Crippen LogP contribution in [0.4, 0.5) is 0 Å². The summed E-state index contributed by atoms with van der Waals surface area (Å²) in [6, 6.07) is 0. The van der Waals surface area contributed by atoms with Gasteiger partial charge < -0.3 is 5.11 Å². The van der Waals surface area contributed by atoms with E-state index >= 15 is 0 Å². The van der Waals surface area contributed by atoms with Gasteiger partial charge in [0, 0.05) is 0 Å². The van der Waals surface area contributed by atoms with Gasteiger partial charge >= 0.3 is 0 Å². The molecule has 0 heterocycles. The average molecular weight is 200 g/mol. The number of rotatable bonds is 6. The van der Waals surface area contributed by atoms with E-state index in [9.17, 15) is 5.11 Å². The third kappa shape index (κ3) is 6.42. The van der Waals surface area contributed by atoms with E-state index < -0.39 is 0 Å². The van der Waals surface area contributed by atoms with Crippen LogP contribution in [-0.4, -0.2) is 11.2 Å². The molecule has 2 atom stereocenters. The monoisotopic (exact) mass is 200 g/mol. The van der Waals surface area contributed by atoms with Crippen LogP contribution in [-0.2, 0) is 0 Å². The second kappa shape index (κ2) is 6.44. The summed E-state index contributed by atoms with van der Waals surface area (Å²) in [6.07, 6.45) is 5.51. The fourth-order valence-corrected chi connectivity index (χ4v) is 1.51. The third-order valence-electron chi connectivity index (χ3n) is 3.24. The van der Waals surface area contributed by atoms with Crippen molar-refractivity contribution in [1.82, 2.24) is 0 Å². The van der Waals surface area contributed by atoms with Gasteiger partial charge in [0.1, 0.15) is 0 Å². The molecule has 0 saturated heterocycles. The molecule has 0 aromatic carbocycles. The van der Waals surface area contributed by atoms with Crippen LogP contribution >= 0.6 is 0 Å². The molecule has 0 bridgehead atoms. The molecule has 14 heavy (non-hydrogen) atoms. The van der Waals surface area contributed by atoms with E-state index in [2.05, 4.69) is 34.6 Å². The summed E-state index contributed by atoms with van der Waals surface area (Å²) in [5.41, 5.74) is 0.325. The Labute approximate surface area is 89.9 Å².